The van der Waals surface area contributed by atoms with Crippen LogP contribution in [0.5, 0.6) is 0 Å². The first kappa shape index (κ1) is 20.5. The molecule has 0 saturated carbocycles. The highest BCUT2D eigenvalue weighted by Gasteiger charge is 2.19. The Hall–Kier alpha value is -3.72. The van der Waals surface area contributed by atoms with Crippen LogP contribution in [-0.2, 0) is 4.74 Å². The van der Waals surface area contributed by atoms with E-state index in [1.54, 1.807) is 49.4 Å². The van der Waals surface area contributed by atoms with E-state index in [-0.39, 0.29) is 11.5 Å². The minimum Gasteiger partial charge on any atom is -0.384 e. The van der Waals surface area contributed by atoms with Crippen molar-refractivity contribution in [3.05, 3.63) is 71.3 Å². The maximum Gasteiger partial charge on any atom is 0.274 e. The topological polar surface area (TPSA) is 109 Å². The number of ether oxygens (including phenoxy) is 1. The molecule has 8 nitrogen and oxygen atoms in total. The lowest BCUT2D eigenvalue weighted by atomic mass is 10.2. The summed E-state index contributed by atoms with van der Waals surface area (Å²) >= 11 is 0. The quantitative estimate of drug-likeness (QED) is 0.433. The van der Waals surface area contributed by atoms with Crippen LogP contribution in [0.15, 0.2) is 48.5 Å². The lowest BCUT2D eigenvalue weighted by Gasteiger charge is -2.29. The zero-order chi connectivity index (χ0) is 22.0. The maximum absolute atomic E-state index is 14.7. The summed E-state index contributed by atoms with van der Waals surface area (Å²) in [4.78, 5) is 14.9. The van der Waals surface area contributed by atoms with Crippen LogP contribution in [0.3, 0.4) is 0 Å². The fourth-order valence-electron chi connectivity index (χ4n) is 3.50. The third kappa shape index (κ3) is 4.41. The fraction of sp³-hybridized carbons (Fsp3) is 0.227. The van der Waals surface area contributed by atoms with Crippen LogP contribution in [0.4, 0.5) is 15.8 Å². The normalized spacial score (nSPS) is 13.8. The molecule has 4 N–H and O–H groups in total. The van der Waals surface area contributed by atoms with Crippen molar-refractivity contribution in [2.75, 3.05) is 36.5 Å². The van der Waals surface area contributed by atoms with Gasteiger partial charge in [0.05, 0.1) is 30.3 Å². The minimum absolute atomic E-state index is 0.0763. The SMILES string of the molecule is Cc1cc(C(=O)Nc2ccc(N3CCOCC3)c(F)c2)n(-c2cccc(C(=N)N)c2)n1. The van der Waals surface area contributed by atoms with Gasteiger partial charge < -0.3 is 20.7 Å². The molecule has 1 aromatic heterocycles. The van der Waals surface area contributed by atoms with E-state index in [1.807, 2.05) is 4.90 Å². The van der Waals surface area contributed by atoms with Gasteiger partial charge in [-0.25, -0.2) is 9.07 Å². The number of carbonyl (C=O) groups excluding carboxylic acids is 1. The summed E-state index contributed by atoms with van der Waals surface area (Å²) in [5.74, 6) is -0.904. The van der Waals surface area contributed by atoms with Gasteiger partial charge in [0, 0.05) is 24.3 Å². The van der Waals surface area contributed by atoms with Gasteiger partial charge >= 0.3 is 0 Å². The second-order valence-corrected chi connectivity index (χ2v) is 7.27. The summed E-state index contributed by atoms with van der Waals surface area (Å²) in [5.41, 5.74) is 8.47. The second kappa shape index (κ2) is 8.57. The number of anilines is 2. The standard InChI is InChI=1S/C22H23FN6O2/c1-14-11-20(29(27-14)17-4-2-3-15(12-17)21(24)25)22(30)26-16-5-6-19(18(23)13-16)28-7-9-31-10-8-28/h2-6,11-13H,7-10H2,1H3,(H3,24,25)(H,26,30). The van der Waals surface area contributed by atoms with Gasteiger partial charge in [-0.05, 0) is 43.3 Å². The molecule has 0 aliphatic carbocycles. The molecule has 1 amide bonds. The van der Waals surface area contributed by atoms with Gasteiger partial charge in [0.25, 0.3) is 5.91 Å². The monoisotopic (exact) mass is 422 g/mol. The van der Waals surface area contributed by atoms with Crippen molar-refractivity contribution in [2.45, 2.75) is 6.92 Å². The predicted molar refractivity (Wildman–Crippen MR) is 117 cm³/mol. The van der Waals surface area contributed by atoms with Gasteiger partial charge in [-0.15, -0.1) is 0 Å². The van der Waals surface area contributed by atoms with Gasteiger partial charge in [0.2, 0.25) is 0 Å². The van der Waals surface area contributed by atoms with Gasteiger partial charge in [-0.1, -0.05) is 12.1 Å². The number of hydrogen-bond donors (Lipinski definition) is 3. The highest BCUT2D eigenvalue weighted by molar-refractivity contribution is 6.03. The Morgan fingerprint density at radius 3 is 2.68 bits per heavy atom. The summed E-state index contributed by atoms with van der Waals surface area (Å²) < 4.78 is 21.5. The second-order valence-electron chi connectivity index (χ2n) is 7.27. The number of halogens is 1. The maximum atomic E-state index is 14.7. The highest BCUT2D eigenvalue weighted by Crippen LogP contribution is 2.24. The Bertz CT molecular complexity index is 1140. The number of carbonyl (C=O) groups is 1. The number of nitrogens with two attached hydrogens (primary N) is 1. The molecule has 4 rings (SSSR count). The van der Waals surface area contributed by atoms with Gasteiger partial charge in [0.1, 0.15) is 17.3 Å². The van der Waals surface area contributed by atoms with E-state index in [0.717, 1.165) is 0 Å². The number of nitrogen functional groups attached to an aromatic ring is 1. The molecular formula is C22H23FN6O2. The summed E-state index contributed by atoms with van der Waals surface area (Å²) in [6.45, 7) is 4.15. The van der Waals surface area contributed by atoms with E-state index in [2.05, 4.69) is 10.4 Å². The molecule has 1 saturated heterocycles. The van der Waals surface area contributed by atoms with Crippen molar-refractivity contribution in [3.8, 4) is 5.69 Å². The number of hydrogen-bond acceptors (Lipinski definition) is 5. The van der Waals surface area contributed by atoms with Gasteiger partial charge in [-0.2, -0.15) is 5.10 Å². The van der Waals surface area contributed by atoms with Crippen LogP contribution < -0.4 is 16.0 Å². The first-order chi connectivity index (χ1) is 14.9. The fourth-order valence-corrected chi connectivity index (χ4v) is 3.50. The molecule has 0 atom stereocenters. The molecule has 1 fully saturated rings. The molecule has 1 aliphatic heterocycles. The molecule has 0 bridgehead atoms. The molecule has 0 unspecified atom stereocenters. The zero-order valence-electron chi connectivity index (χ0n) is 17.1. The predicted octanol–water partition coefficient (Wildman–Crippen LogP) is 2.69. The van der Waals surface area contributed by atoms with Crippen LogP contribution in [0.1, 0.15) is 21.7 Å². The first-order valence-electron chi connectivity index (χ1n) is 9.87. The first-order valence-corrected chi connectivity index (χ1v) is 9.87. The Kier molecular flexibility index (Phi) is 5.68. The van der Waals surface area contributed by atoms with Crippen LogP contribution in [0, 0.1) is 18.2 Å². The van der Waals surface area contributed by atoms with E-state index in [9.17, 15) is 9.18 Å². The Morgan fingerprint density at radius 2 is 1.97 bits per heavy atom. The number of amides is 1. The average molecular weight is 422 g/mol. The molecule has 9 heteroatoms. The number of amidine groups is 1. The summed E-state index contributed by atoms with van der Waals surface area (Å²) in [6, 6.07) is 13.2. The summed E-state index contributed by atoms with van der Waals surface area (Å²) in [5, 5.41) is 14.7. The van der Waals surface area contributed by atoms with E-state index in [0.29, 0.717) is 54.6 Å². The number of rotatable bonds is 5. The third-order valence-corrected chi connectivity index (χ3v) is 5.02. The average Bonchev–Trinajstić information content (AvgIpc) is 3.16. The van der Waals surface area contributed by atoms with E-state index >= 15 is 0 Å². The Morgan fingerprint density at radius 1 is 1.19 bits per heavy atom. The van der Waals surface area contributed by atoms with Crippen molar-refractivity contribution in [1.29, 1.82) is 5.41 Å². The summed E-state index contributed by atoms with van der Waals surface area (Å²) in [7, 11) is 0. The van der Waals surface area contributed by atoms with Crippen molar-refractivity contribution in [3.63, 3.8) is 0 Å². The lowest BCUT2D eigenvalue weighted by molar-refractivity contribution is 0.101. The molecule has 160 valence electrons. The minimum atomic E-state index is -0.424. The van der Waals surface area contributed by atoms with Crippen LogP contribution >= 0.6 is 0 Å². The lowest BCUT2D eigenvalue weighted by Crippen LogP contribution is -2.36. The third-order valence-electron chi connectivity index (χ3n) is 5.02. The number of benzene rings is 2. The molecule has 31 heavy (non-hydrogen) atoms. The molecule has 1 aliphatic rings. The molecule has 0 spiro atoms. The largest absolute Gasteiger partial charge is 0.384 e. The van der Waals surface area contributed by atoms with E-state index in [1.165, 1.54) is 10.7 Å². The van der Waals surface area contributed by atoms with Crippen molar-refractivity contribution in [1.82, 2.24) is 9.78 Å². The van der Waals surface area contributed by atoms with Crippen LogP contribution in [-0.4, -0.2) is 47.8 Å². The van der Waals surface area contributed by atoms with E-state index < -0.39 is 11.7 Å². The number of aromatic nitrogens is 2. The van der Waals surface area contributed by atoms with Gasteiger partial charge in [-0.3, -0.25) is 10.2 Å². The molecule has 0 radical (unpaired) electrons. The number of morpholine rings is 1. The van der Waals surface area contributed by atoms with Crippen molar-refractivity contribution >= 4 is 23.1 Å². The number of aryl methyl sites for hydroxylation is 1. The summed E-state index contributed by atoms with van der Waals surface area (Å²) in [6.07, 6.45) is 0. The number of nitrogens with zero attached hydrogens (tertiary/aromatic N) is 3. The van der Waals surface area contributed by atoms with E-state index in [4.69, 9.17) is 15.9 Å². The molecule has 2 aromatic carbocycles. The Labute approximate surface area is 178 Å². The number of nitrogens with one attached hydrogen (secondary N) is 2. The van der Waals surface area contributed by atoms with Crippen LogP contribution in [0.25, 0.3) is 5.69 Å². The van der Waals surface area contributed by atoms with Crippen LogP contribution in [0.2, 0.25) is 0 Å². The zero-order valence-corrected chi connectivity index (χ0v) is 17.1. The Balaban J connectivity index is 1.58. The molecule has 3 aromatic rings. The molecular weight excluding hydrogens is 399 g/mol. The van der Waals surface area contributed by atoms with Crippen molar-refractivity contribution < 1.29 is 13.9 Å². The highest BCUT2D eigenvalue weighted by atomic mass is 19.1. The van der Waals surface area contributed by atoms with Gasteiger partial charge in [0.15, 0.2) is 0 Å². The van der Waals surface area contributed by atoms with Crippen molar-refractivity contribution in [2.24, 2.45) is 5.73 Å². The molecule has 2 heterocycles. The smallest absolute Gasteiger partial charge is 0.274 e.